The predicted molar refractivity (Wildman–Crippen MR) is 89.6 cm³/mol. The summed E-state index contributed by atoms with van der Waals surface area (Å²) in [6.07, 6.45) is -2.69. The lowest BCUT2D eigenvalue weighted by atomic mass is 9.90. The van der Waals surface area contributed by atoms with Crippen molar-refractivity contribution in [2.24, 2.45) is 0 Å². The summed E-state index contributed by atoms with van der Waals surface area (Å²) in [5, 5.41) is 0. The van der Waals surface area contributed by atoms with Crippen LogP contribution in [0.3, 0.4) is 0 Å². The van der Waals surface area contributed by atoms with E-state index in [2.05, 4.69) is 4.98 Å². The van der Waals surface area contributed by atoms with Gasteiger partial charge in [0.05, 0.1) is 11.3 Å². The molecule has 0 saturated heterocycles. The van der Waals surface area contributed by atoms with Crippen LogP contribution in [0.5, 0.6) is 0 Å². The van der Waals surface area contributed by atoms with Crippen molar-refractivity contribution in [1.29, 1.82) is 0 Å². The molecule has 1 aromatic heterocycles. The van der Waals surface area contributed by atoms with Gasteiger partial charge in [-0.2, -0.15) is 13.2 Å². The molecule has 0 aliphatic heterocycles. The van der Waals surface area contributed by atoms with Crippen LogP contribution in [-0.4, -0.2) is 4.98 Å². The van der Waals surface area contributed by atoms with Crippen LogP contribution in [-0.2, 0) is 6.18 Å². The second-order valence-corrected chi connectivity index (χ2v) is 5.74. The molecule has 2 aromatic carbocycles. The molecule has 0 radical (unpaired) electrons. The lowest BCUT2D eigenvalue weighted by Gasteiger charge is -2.17. The molecule has 3 rings (SSSR count). The van der Waals surface area contributed by atoms with E-state index in [4.69, 9.17) is 0 Å². The number of benzene rings is 2. The first kappa shape index (κ1) is 16.2. The van der Waals surface area contributed by atoms with E-state index in [-0.39, 0.29) is 5.56 Å². The summed E-state index contributed by atoms with van der Waals surface area (Å²) in [4.78, 5) is 4.29. The molecule has 0 fully saturated rings. The van der Waals surface area contributed by atoms with Gasteiger partial charge in [-0.05, 0) is 60.4 Å². The first-order valence-electron chi connectivity index (χ1n) is 7.57. The van der Waals surface area contributed by atoms with Crippen molar-refractivity contribution in [3.8, 4) is 22.4 Å². The Morgan fingerprint density at radius 3 is 2.25 bits per heavy atom. The second kappa shape index (κ2) is 6.11. The Hall–Kier alpha value is -2.62. The van der Waals surface area contributed by atoms with Gasteiger partial charge in [0.1, 0.15) is 0 Å². The fourth-order valence-electron chi connectivity index (χ4n) is 2.90. The highest BCUT2D eigenvalue weighted by Gasteiger charge is 2.34. The van der Waals surface area contributed by atoms with Gasteiger partial charge in [-0.25, -0.2) is 0 Å². The third-order valence-electron chi connectivity index (χ3n) is 4.03. The van der Waals surface area contributed by atoms with E-state index in [0.29, 0.717) is 11.1 Å². The minimum Gasteiger partial charge on any atom is -0.256 e. The topological polar surface area (TPSA) is 12.9 Å². The van der Waals surface area contributed by atoms with Crippen molar-refractivity contribution in [2.45, 2.75) is 20.0 Å². The minimum atomic E-state index is -4.38. The zero-order chi connectivity index (χ0) is 17.3. The van der Waals surface area contributed by atoms with Gasteiger partial charge in [-0.3, -0.25) is 4.98 Å². The first-order valence-corrected chi connectivity index (χ1v) is 7.57. The molecule has 1 nitrogen and oxygen atoms in total. The number of pyridine rings is 1. The van der Waals surface area contributed by atoms with Crippen LogP contribution in [0.1, 0.15) is 16.7 Å². The Labute approximate surface area is 138 Å². The number of aryl methyl sites for hydroxylation is 2. The molecule has 1 heterocycles. The van der Waals surface area contributed by atoms with E-state index in [9.17, 15) is 13.2 Å². The highest BCUT2D eigenvalue weighted by atomic mass is 19.4. The largest absolute Gasteiger partial charge is 0.417 e. The zero-order valence-electron chi connectivity index (χ0n) is 13.4. The Kier molecular flexibility index (Phi) is 4.14. The smallest absolute Gasteiger partial charge is 0.256 e. The number of alkyl halides is 3. The van der Waals surface area contributed by atoms with Gasteiger partial charge < -0.3 is 0 Å². The van der Waals surface area contributed by atoms with Crippen LogP contribution < -0.4 is 0 Å². The van der Waals surface area contributed by atoms with Crippen molar-refractivity contribution >= 4 is 0 Å². The fourth-order valence-corrected chi connectivity index (χ4v) is 2.90. The maximum Gasteiger partial charge on any atom is 0.417 e. The number of halogens is 3. The second-order valence-electron chi connectivity index (χ2n) is 5.74. The van der Waals surface area contributed by atoms with E-state index < -0.39 is 11.7 Å². The normalized spacial score (nSPS) is 11.5. The Bertz CT molecular complexity index is 868. The number of rotatable bonds is 2. The maximum absolute atomic E-state index is 13.4. The van der Waals surface area contributed by atoms with Gasteiger partial charge in [0.25, 0.3) is 0 Å². The van der Waals surface area contributed by atoms with E-state index in [1.165, 1.54) is 6.07 Å². The molecule has 0 aliphatic rings. The number of aromatic nitrogens is 1. The molecule has 0 aliphatic carbocycles. The van der Waals surface area contributed by atoms with Crippen LogP contribution >= 0.6 is 0 Å². The minimum absolute atomic E-state index is 0.245. The SMILES string of the molecule is Cc1cc(-c2ccccn2)ccc1-c1c(C)cccc1C(F)(F)F. The van der Waals surface area contributed by atoms with E-state index >= 15 is 0 Å². The quantitative estimate of drug-likeness (QED) is 0.558. The summed E-state index contributed by atoms with van der Waals surface area (Å²) in [7, 11) is 0. The van der Waals surface area contributed by atoms with E-state index in [1.54, 1.807) is 25.3 Å². The molecular weight excluding hydrogens is 311 g/mol. The summed E-state index contributed by atoms with van der Waals surface area (Å²) in [6.45, 7) is 3.53. The van der Waals surface area contributed by atoms with Gasteiger partial charge in [-0.1, -0.05) is 30.3 Å². The van der Waals surface area contributed by atoms with Crippen LogP contribution in [0.2, 0.25) is 0 Å². The molecule has 0 amide bonds. The van der Waals surface area contributed by atoms with Crippen LogP contribution in [0, 0.1) is 13.8 Å². The summed E-state index contributed by atoms with van der Waals surface area (Å²) >= 11 is 0. The lowest BCUT2D eigenvalue weighted by molar-refractivity contribution is -0.137. The summed E-state index contributed by atoms with van der Waals surface area (Å²) in [5.41, 5.74) is 3.33. The molecular formula is C20H16F3N. The highest BCUT2D eigenvalue weighted by molar-refractivity contribution is 5.77. The van der Waals surface area contributed by atoms with Gasteiger partial charge >= 0.3 is 6.18 Å². The van der Waals surface area contributed by atoms with Crippen molar-refractivity contribution in [3.05, 3.63) is 77.5 Å². The van der Waals surface area contributed by atoms with Crippen molar-refractivity contribution in [2.75, 3.05) is 0 Å². The monoisotopic (exact) mass is 327 g/mol. The molecule has 24 heavy (non-hydrogen) atoms. The lowest BCUT2D eigenvalue weighted by Crippen LogP contribution is -2.08. The summed E-state index contributed by atoms with van der Waals surface area (Å²) in [6, 6.07) is 15.3. The summed E-state index contributed by atoms with van der Waals surface area (Å²) in [5.74, 6) is 0. The Morgan fingerprint density at radius 2 is 1.62 bits per heavy atom. The Balaban J connectivity index is 2.16. The number of nitrogens with zero attached hydrogens (tertiary/aromatic N) is 1. The summed E-state index contributed by atoms with van der Waals surface area (Å²) < 4.78 is 40.1. The molecule has 0 atom stereocenters. The zero-order valence-corrected chi connectivity index (χ0v) is 13.4. The van der Waals surface area contributed by atoms with Crippen LogP contribution in [0.4, 0.5) is 13.2 Å². The molecule has 122 valence electrons. The maximum atomic E-state index is 13.4. The van der Waals surface area contributed by atoms with Crippen LogP contribution in [0.25, 0.3) is 22.4 Å². The average Bonchev–Trinajstić information content (AvgIpc) is 2.55. The fraction of sp³-hybridized carbons (Fsp3) is 0.150. The number of hydrogen-bond acceptors (Lipinski definition) is 1. The van der Waals surface area contributed by atoms with Crippen molar-refractivity contribution in [3.63, 3.8) is 0 Å². The molecule has 0 N–H and O–H groups in total. The molecule has 3 aromatic rings. The van der Waals surface area contributed by atoms with E-state index in [1.807, 2.05) is 37.3 Å². The Morgan fingerprint density at radius 1 is 0.833 bits per heavy atom. The first-order chi connectivity index (χ1) is 11.4. The van der Waals surface area contributed by atoms with Crippen LogP contribution in [0.15, 0.2) is 60.8 Å². The number of hydrogen-bond donors (Lipinski definition) is 0. The van der Waals surface area contributed by atoms with Gasteiger partial charge in [0.15, 0.2) is 0 Å². The molecule has 0 spiro atoms. The van der Waals surface area contributed by atoms with Crippen molar-refractivity contribution in [1.82, 2.24) is 4.98 Å². The standard InChI is InChI=1S/C20H16F3N/c1-13-6-5-7-17(20(21,22)23)19(13)16-10-9-15(12-14(16)2)18-8-3-4-11-24-18/h3-12H,1-2H3. The average molecular weight is 327 g/mol. The van der Waals surface area contributed by atoms with Gasteiger partial charge in [-0.15, -0.1) is 0 Å². The predicted octanol–water partition coefficient (Wildman–Crippen LogP) is 6.05. The van der Waals surface area contributed by atoms with Gasteiger partial charge in [0, 0.05) is 11.8 Å². The molecule has 0 bridgehead atoms. The molecule has 4 heteroatoms. The third-order valence-corrected chi connectivity index (χ3v) is 4.03. The molecule has 0 saturated carbocycles. The highest BCUT2D eigenvalue weighted by Crippen LogP contribution is 2.40. The van der Waals surface area contributed by atoms with Gasteiger partial charge in [0.2, 0.25) is 0 Å². The third kappa shape index (κ3) is 3.04. The molecule has 0 unspecified atom stereocenters. The van der Waals surface area contributed by atoms with Crippen molar-refractivity contribution < 1.29 is 13.2 Å². The van der Waals surface area contributed by atoms with E-state index in [0.717, 1.165) is 22.9 Å².